The fourth-order valence-corrected chi connectivity index (χ4v) is 2.50. The molecule has 0 bridgehead atoms. The molecule has 2 aromatic rings. The van der Waals surface area contributed by atoms with Gasteiger partial charge in [-0.05, 0) is 18.2 Å². The Morgan fingerprint density at radius 2 is 2.04 bits per heavy atom. The Balaban J connectivity index is 1.94. The standard InChI is InChI=1S/C15H17N3O5/c16-11-6-7-18(15(21)17-11)14-13(12(20)10(8-19)23-14)22-9-4-2-1-3-5-9/h1-7,10,12-14,19-20H,8H2,(H2,16,17,21)/t10-,12?,13?,14-/m1/s1. The highest BCUT2D eigenvalue weighted by Crippen LogP contribution is 2.31. The highest BCUT2D eigenvalue weighted by Gasteiger charge is 2.46. The molecule has 1 aliphatic rings. The van der Waals surface area contributed by atoms with E-state index in [2.05, 4.69) is 4.98 Å². The minimum absolute atomic E-state index is 0.0871. The van der Waals surface area contributed by atoms with Gasteiger partial charge in [-0.3, -0.25) is 4.57 Å². The van der Waals surface area contributed by atoms with E-state index >= 15 is 0 Å². The molecule has 122 valence electrons. The molecule has 0 amide bonds. The number of anilines is 1. The van der Waals surface area contributed by atoms with Gasteiger partial charge in [-0.2, -0.15) is 4.98 Å². The van der Waals surface area contributed by atoms with E-state index in [1.54, 1.807) is 24.3 Å². The molecule has 1 fully saturated rings. The average Bonchev–Trinajstić information content (AvgIpc) is 2.85. The van der Waals surface area contributed by atoms with Crippen LogP contribution in [0.3, 0.4) is 0 Å². The van der Waals surface area contributed by atoms with Gasteiger partial charge in [0.25, 0.3) is 0 Å². The first-order chi connectivity index (χ1) is 11.1. The number of benzene rings is 1. The number of aliphatic hydroxyl groups excluding tert-OH is 2. The first kappa shape index (κ1) is 15.5. The molecule has 1 aliphatic heterocycles. The maximum absolute atomic E-state index is 12.0. The van der Waals surface area contributed by atoms with E-state index in [1.165, 1.54) is 16.8 Å². The van der Waals surface area contributed by atoms with Crippen LogP contribution >= 0.6 is 0 Å². The average molecular weight is 319 g/mol. The number of nitrogen functional groups attached to an aromatic ring is 1. The van der Waals surface area contributed by atoms with Gasteiger partial charge in [0.1, 0.15) is 23.8 Å². The van der Waals surface area contributed by atoms with Gasteiger partial charge in [-0.15, -0.1) is 0 Å². The molecular formula is C15H17N3O5. The number of para-hydroxylation sites is 1. The maximum Gasteiger partial charge on any atom is 0.351 e. The fraction of sp³-hybridized carbons (Fsp3) is 0.333. The van der Waals surface area contributed by atoms with Gasteiger partial charge in [-0.1, -0.05) is 18.2 Å². The number of nitrogens with two attached hydrogens (primary N) is 1. The zero-order valence-corrected chi connectivity index (χ0v) is 12.1. The van der Waals surface area contributed by atoms with Gasteiger partial charge in [0.05, 0.1) is 6.61 Å². The van der Waals surface area contributed by atoms with Crippen molar-refractivity contribution >= 4 is 5.82 Å². The van der Waals surface area contributed by atoms with E-state index in [-0.39, 0.29) is 5.82 Å². The zero-order chi connectivity index (χ0) is 16.4. The number of aliphatic hydroxyl groups is 2. The highest BCUT2D eigenvalue weighted by molar-refractivity contribution is 5.24. The second-order valence-electron chi connectivity index (χ2n) is 5.18. The van der Waals surface area contributed by atoms with E-state index < -0.39 is 36.8 Å². The van der Waals surface area contributed by atoms with Crippen molar-refractivity contribution in [2.24, 2.45) is 0 Å². The van der Waals surface area contributed by atoms with Crippen molar-refractivity contribution in [3.63, 3.8) is 0 Å². The summed E-state index contributed by atoms with van der Waals surface area (Å²) in [5.41, 5.74) is 4.86. The summed E-state index contributed by atoms with van der Waals surface area (Å²) in [6.45, 7) is -0.399. The Morgan fingerprint density at radius 3 is 2.70 bits per heavy atom. The molecule has 0 spiro atoms. The monoisotopic (exact) mass is 319 g/mol. The number of hydrogen-bond donors (Lipinski definition) is 3. The van der Waals surface area contributed by atoms with Crippen molar-refractivity contribution in [1.29, 1.82) is 0 Å². The lowest BCUT2D eigenvalue weighted by molar-refractivity contribution is -0.0522. The Bertz CT molecular complexity index is 721. The molecule has 1 aromatic heterocycles. The van der Waals surface area contributed by atoms with Gasteiger partial charge in [-0.25, -0.2) is 4.79 Å². The lowest BCUT2D eigenvalue weighted by atomic mass is 10.1. The van der Waals surface area contributed by atoms with E-state index in [0.29, 0.717) is 5.75 Å². The summed E-state index contributed by atoms with van der Waals surface area (Å²) in [7, 11) is 0. The largest absolute Gasteiger partial charge is 0.483 e. The first-order valence-electron chi connectivity index (χ1n) is 7.11. The summed E-state index contributed by atoms with van der Waals surface area (Å²) in [6, 6.07) is 10.3. The molecule has 4 atom stereocenters. The summed E-state index contributed by atoms with van der Waals surface area (Å²) in [5.74, 6) is 0.601. The predicted octanol–water partition coefficient (Wildman–Crippen LogP) is -0.476. The van der Waals surface area contributed by atoms with Crippen LogP contribution in [0.5, 0.6) is 5.75 Å². The van der Waals surface area contributed by atoms with E-state index in [9.17, 15) is 15.0 Å². The maximum atomic E-state index is 12.0. The zero-order valence-electron chi connectivity index (χ0n) is 12.1. The van der Waals surface area contributed by atoms with E-state index in [0.717, 1.165) is 0 Å². The Morgan fingerprint density at radius 1 is 1.30 bits per heavy atom. The van der Waals surface area contributed by atoms with Crippen molar-refractivity contribution in [3.05, 3.63) is 53.1 Å². The normalized spacial score (nSPS) is 27.0. The molecule has 8 heteroatoms. The lowest BCUT2D eigenvalue weighted by Crippen LogP contribution is -2.40. The molecule has 0 radical (unpaired) electrons. The SMILES string of the molecule is Nc1ccn([C@@H]2O[C@H](CO)C(O)C2Oc2ccccc2)c(=O)n1. The molecule has 2 unspecified atom stereocenters. The van der Waals surface area contributed by atoms with Crippen LogP contribution in [0.2, 0.25) is 0 Å². The summed E-state index contributed by atoms with van der Waals surface area (Å²) >= 11 is 0. The van der Waals surface area contributed by atoms with Gasteiger partial charge < -0.3 is 25.4 Å². The summed E-state index contributed by atoms with van der Waals surface area (Å²) < 4.78 is 12.5. The molecule has 0 aliphatic carbocycles. The Labute approximate surface area is 131 Å². The molecule has 2 heterocycles. The van der Waals surface area contributed by atoms with Crippen molar-refractivity contribution in [2.45, 2.75) is 24.5 Å². The van der Waals surface area contributed by atoms with E-state index in [1.807, 2.05) is 6.07 Å². The van der Waals surface area contributed by atoms with Crippen LogP contribution in [0.1, 0.15) is 6.23 Å². The number of ether oxygens (including phenoxy) is 2. The lowest BCUT2D eigenvalue weighted by Gasteiger charge is -2.23. The summed E-state index contributed by atoms with van der Waals surface area (Å²) in [5, 5.41) is 19.7. The third-order valence-corrected chi connectivity index (χ3v) is 3.63. The van der Waals surface area contributed by atoms with Crippen LogP contribution in [0.4, 0.5) is 5.82 Å². The van der Waals surface area contributed by atoms with Gasteiger partial charge in [0, 0.05) is 6.20 Å². The topological polar surface area (TPSA) is 120 Å². The Kier molecular flexibility index (Phi) is 4.28. The molecule has 3 rings (SSSR count). The van der Waals surface area contributed by atoms with Crippen molar-refractivity contribution < 1.29 is 19.7 Å². The van der Waals surface area contributed by atoms with Crippen LogP contribution < -0.4 is 16.2 Å². The van der Waals surface area contributed by atoms with Crippen molar-refractivity contribution in [1.82, 2.24) is 9.55 Å². The van der Waals surface area contributed by atoms with Crippen LogP contribution in [0, 0.1) is 0 Å². The van der Waals surface area contributed by atoms with Gasteiger partial charge >= 0.3 is 5.69 Å². The fourth-order valence-electron chi connectivity index (χ4n) is 2.50. The summed E-state index contributed by atoms with van der Waals surface area (Å²) in [4.78, 5) is 15.7. The third-order valence-electron chi connectivity index (χ3n) is 3.63. The number of aromatic nitrogens is 2. The predicted molar refractivity (Wildman–Crippen MR) is 80.8 cm³/mol. The highest BCUT2D eigenvalue weighted by atomic mass is 16.6. The summed E-state index contributed by atoms with van der Waals surface area (Å²) in [6.07, 6.45) is -2.35. The minimum atomic E-state index is -1.10. The van der Waals surface area contributed by atoms with Crippen LogP contribution in [0.15, 0.2) is 47.4 Å². The number of nitrogens with zero attached hydrogens (tertiary/aromatic N) is 2. The third kappa shape index (κ3) is 3.04. The second-order valence-corrected chi connectivity index (χ2v) is 5.18. The van der Waals surface area contributed by atoms with Crippen LogP contribution in [0.25, 0.3) is 0 Å². The smallest absolute Gasteiger partial charge is 0.351 e. The Hall–Kier alpha value is -2.42. The van der Waals surface area contributed by atoms with Gasteiger partial charge in [0.2, 0.25) is 0 Å². The van der Waals surface area contributed by atoms with E-state index in [4.69, 9.17) is 15.2 Å². The van der Waals surface area contributed by atoms with Crippen molar-refractivity contribution in [2.75, 3.05) is 12.3 Å². The molecular weight excluding hydrogens is 302 g/mol. The molecule has 23 heavy (non-hydrogen) atoms. The number of rotatable bonds is 4. The minimum Gasteiger partial charge on any atom is -0.483 e. The van der Waals surface area contributed by atoms with Crippen LogP contribution in [-0.4, -0.2) is 44.7 Å². The van der Waals surface area contributed by atoms with Gasteiger partial charge in [0.15, 0.2) is 12.3 Å². The molecule has 0 saturated carbocycles. The quantitative estimate of drug-likeness (QED) is 0.696. The van der Waals surface area contributed by atoms with Crippen molar-refractivity contribution in [3.8, 4) is 5.75 Å². The molecule has 1 aromatic carbocycles. The van der Waals surface area contributed by atoms with Crippen LogP contribution in [-0.2, 0) is 4.74 Å². The number of hydrogen-bond acceptors (Lipinski definition) is 7. The second kappa shape index (κ2) is 6.37. The molecule has 8 nitrogen and oxygen atoms in total. The first-order valence-corrected chi connectivity index (χ1v) is 7.11. The molecule has 4 N–H and O–H groups in total. The molecule has 1 saturated heterocycles.